The van der Waals surface area contributed by atoms with Crippen LogP contribution in [0.5, 0.6) is 0 Å². The molecule has 2 atom stereocenters. The van der Waals surface area contributed by atoms with Crippen molar-refractivity contribution in [2.45, 2.75) is 44.7 Å². The Bertz CT molecular complexity index is 182. The zero-order chi connectivity index (χ0) is 12.0. The van der Waals surface area contributed by atoms with Crippen LogP contribution in [0.4, 0.5) is 0 Å². The Balaban J connectivity index is 2.35. The fourth-order valence-electron chi connectivity index (χ4n) is 2.61. The van der Waals surface area contributed by atoms with Crippen molar-refractivity contribution in [1.82, 2.24) is 15.1 Å². The standard InChI is InChI=1S/C13H29N3/c1-5-7-12(14-2)10-16-9-6-8-13(11-16)15(3)4/h12-14H,5-11H2,1-4H3. The molecule has 1 heterocycles. The third kappa shape index (κ3) is 4.40. The predicted molar refractivity (Wildman–Crippen MR) is 70.9 cm³/mol. The van der Waals surface area contributed by atoms with Gasteiger partial charge in [0.05, 0.1) is 0 Å². The van der Waals surface area contributed by atoms with Crippen LogP contribution < -0.4 is 5.32 Å². The van der Waals surface area contributed by atoms with Gasteiger partial charge in [0.2, 0.25) is 0 Å². The van der Waals surface area contributed by atoms with Crippen molar-refractivity contribution < 1.29 is 0 Å². The normalized spacial score (nSPS) is 24.9. The summed E-state index contributed by atoms with van der Waals surface area (Å²) in [5.41, 5.74) is 0. The highest BCUT2D eigenvalue weighted by Gasteiger charge is 2.22. The van der Waals surface area contributed by atoms with Crippen LogP contribution in [0.1, 0.15) is 32.6 Å². The molecule has 1 N–H and O–H groups in total. The molecule has 3 heteroatoms. The van der Waals surface area contributed by atoms with E-state index in [-0.39, 0.29) is 0 Å². The SMILES string of the molecule is CCCC(CN1CCCC(N(C)C)C1)NC. The molecule has 0 amide bonds. The monoisotopic (exact) mass is 227 g/mol. The van der Waals surface area contributed by atoms with Crippen LogP contribution >= 0.6 is 0 Å². The maximum Gasteiger partial charge on any atom is 0.0217 e. The number of likely N-dealkylation sites (N-methyl/N-ethyl adjacent to an activating group) is 2. The van der Waals surface area contributed by atoms with E-state index in [1.807, 2.05) is 0 Å². The molecule has 0 aromatic rings. The number of rotatable bonds is 6. The van der Waals surface area contributed by atoms with Crippen molar-refractivity contribution in [1.29, 1.82) is 0 Å². The van der Waals surface area contributed by atoms with Gasteiger partial charge in [-0.15, -0.1) is 0 Å². The average molecular weight is 227 g/mol. The Hall–Kier alpha value is -0.120. The number of likely N-dealkylation sites (tertiary alicyclic amines) is 1. The lowest BCUT2D eigenvalue weighted by Crippen LogP contribution is -2.49. The summed E-state index contributed by atoms with van der Waals surface area (Å²) < 4.78 is 0. The summed E-state index contributed by atoms with van der Waals surface area (Å²) in [6.45, 7) is 6.01. The smallest absolute Gasteiger partial charge is 0.0217 e. The molecular weight excluding hydrogens is 198 g/mol. The van der Waals surface area contributed by atoms with Crippen LogP contribution in [0.15, 0.2) is 0 Å². The van der Waals surface area contributed by atoms with Gasteiger partial charge in [-0.1, -0.05) is 13.3 Å². The zero-order valence-corrected chi connectivity index (χ0v) is 11.5. The minimum Gasteiger partial charge on any atom is -0.316 e. The minimum absolute atomic E-state index is 0.672. The van der Waals surface area contributed by atoms with Crippen molar-refractivity contribution in [3.05, 3.63) is 0 Å². The molecule has 0 saturated carbocycles. The van der Waals surface area contributed by atoms with Gasteiger partial charge in [0, 0.05) is 25.2 Å². The topological polar surface area (TPSA) is 18.5 Å². The molecule has 1 aliphatic heterocycles. The predicted octanol–water partition coefficient (Wildman–Crippen LogP) is 1.40. The van der Waals surface area contributed by atoms with Crippen molar-refractivity contribution in [2.75, 3.05) is 40.8 Å². The molecule has 2 unspecified atom stereocenters. The zero-order valence-electron chi connectivity index (χ0n) is 11.5. The third-order valence-corrected chi connectivity index (χ3v) is 3.73. The van der Waals surface area contributed by atoms with E-state index >= 15 is 0 Å². The van der Waals surface area contributed by atoms with Crippen molar-refractivity contribution in [3.63, 3.8) is 0 Å². The number of piperidine rings is 1. The lowest BCUT2D eigenvalue weighted by molar-refractivity contribution is 0.123. The summed E-state index contributed by atoms with van der Waals surface area (Å²) in [6, 6.07) is 1.43. The minimum atomic E-state index is 0.672. The largest absolute Gasteiger partial charge is 0.316 e. The van der Waals surface area contributed by atoms with Crippen LogP contribution in [-0.4, -0.2) is 62.7 Å². The van der Waals surface area contributed by atoms with Gasteiger partial charge >= 0.3 is 0 Å². The Labute approximate surface area is 101 Å². The van der Waals surface area contributed by atoms with Crippen LogP contribution in [0.25, 0.3) is 0 Å². The van der Waals surface area contributed by atoms with Crippen molar-refractivity contribution in [2.24, 2.45) is 0 Å². The first-order valence-electron chi connectivity index (χ1n) is 6.73. The van der Waals surface area contributed by atoms with Crippen molar-refractivity contribution >= 4 is 0 Å². The molecule has 0 spiro atoms. The fraction of sp³-hybridized carbons (Fsp3) is 1.00. The van der Waals surface area contributed by atoms with E-state index in [1.54, 1.807) is 0 Å². The molecule has 1 aliphatic rings. The van der Waals surface area contributed by atoms with Gasteiger partial charge in [0.25, 0.3) is 0 Å². The van der Waals surface area contributed by atoms with E-state index in [4.69, 9.17) is 0 Å². The summed E-state index contributed by atoms with van der Waals surface area (Å²) in [5, 5.41) is 3.44. The highest BCUT2D eigenvalue weighted by Crippen LogP contribution is 2.14. The molecule has 1 saturated heterocycles. The highest BCUT2D eigenvalue weighted by atomic mass is 15.2. The van der Waals surface area contributed by atoms with Gasteiger partial charge in [-0.05, 0) is 47.0 Å². The van der Waals surface area contributed by atoms with Crippen LogP contribution in [0.2, 0.25) is 0 Å². The van der Waals surface area contributed by atoms with E-state index in [1.165, 1.54) is 45.3 Å². The summed E-state index contributed by atoms with van der Waals surface area (Å²) in [7, 11) is 6.50. The number of hydrogen-bond donors (Lipinski definition) is 1. The second-order valence-corrected chi connectivity index (χ2v) is 5.29. The Kier molecular flexibility index (Phi) is 6.32. The van der Waals surface area contributed by atoms with Gasteiger partial charge in [-0.3, -0.25) is 0 Å². The van der Waals surface area contributed by atoms with E-state index in [0.717, 1.165) is 6.04 Å². The van der Waals surface area contributed by atoms with E-state index < -0.39 is 0 Å². The van der Waals surface area contributed by atoms with Gasteiger partial charge in [-0.25, -0.2) is 0 Å². The van der Waals surface area contributed by atoms with Crippen LogP contribution in [0.3, 0.4) is 0 Å². The first kappa shape index (κ1) is 13.9. The molecule has 1 rings (SSSR count). The van der Waals surface area contributed by atoms with Crippen molar-refractivity contribution in [3.8, 4) is 0 Å². The van der Waals surface area contributed by atoms with Gasteiger partial charge in [-0.2, -0.15) is 0 Å². The fourth-order valence-corrected chi connectivity index (χ4v) is 2.61. The molecule has 0 radical (unpaired) electrons. The van der Waals surface area contributed by atoms with Crippen LogP contribution in [-0.2, 0) is 0 Å². The molecule has 0 aliphatic carbocycles. The van der Waals surface area contributed by atoms with Gasteiger partial charge in [0.1, 0.15) is 0 Å². The number of hydrogen-bond acceptors (Lipinski definition) is 3. The molecule has 96 valence electrons. The molecule has 1 fully saturated rings. The first-order chi connectivity index (χ1) is 7.67. The Morgan fingerprint density at radius 1 is 1.44 bits per heavy atom. The summed E-state index contributed by atoms with van der Waals surface area (Å²) in [6.07, 6.45) is 5.28. The highest BCUT2D eigenvalue weighted by molar-refractivity contribution is 4.80. The summed E-state index contributed by atoms with van der Waals surface area (Å²) in [5.74, 6) is 0. The molecule has 3 nitrogen and oxygen atoms in total. The molecular formula is C13H29N3. The summed E-state index contributed by atoms with van der Waals surface area (Å²) in [4.78, 5) is 5.01. The molecule has 16 heavy (non-hydrogen) atoms. The molecule has 0 aromatic heterocycles. The maximum atomic E-state index is 3.44. The lowest BCUT2D eigenvalue weighted by Gasteiger charge is -2.37. The molecule has 0 aromatic carbocycles. The quantitative estimate of drug-likeness (QED) is 0.740. The third-order valence-electron chi connectivity index (χ3n) is 3.73. The number of nitrogens with one attached hydrogen (secondary N) is 1. The Morgan fingerprint density at radius 2 is 2.19 bits per heavy atom. The average Bonchev–Trinajstić information content (AvgIpc) is 2.29. The second-order valence-electron chi connectivity index (χ2n) is 5.29. The maximum absolute atomic E-state index is 3.44. The van der Waals surface area contributed by atoms with E-state index in [2.05, 4.69) is 43.2 Å². The first-order valence-corrected chi connectivity index (χ1v) is 6.73. The van der Waals surface area contributed by atoms with E-state index in [0.29, 0.717) is 6.04 Å². The lowest BCUT2D eigenvalue weighted by atomic mass is 10.0. The van der Waals surface area contributed by atoms with Gasteiger partial charge in [0.15, 0.2) is 0 Å². The van der Waals surface area contributed by atoms with Gasteiger partial charge < -0.3 is 15.1 Å². The second kappa shape index (κ2) is 7.25. The Morgan fingerprint density at radius 3 is 2.75 bits per heavy atom. The van der Waals surface area contributed by atoms with E-state index in [9.17, 15) is 0 Å². The molecule has 0 bridgehead atoms. The van der Waals surface area contributed by atoms with Crippen LogP contribution in [0, 0.1) is 0 Å². The summed E-state index contributed by atoms with van der Waals surface area (Å²) >= 11 is 0. The number of nitrogens with zero attached hydrogens (tertiary/aromatic N) is 2.